The molecule has 0 N–H and O–H groups in total. The second-order valence-corrected chi connectivity index (χ2v) is 15.3. The zero-order chi connectivity index (χ0) is 36.0. The van der Waals surface area contributed by atoms with Crippen LogP contribution in [-0.4, -0.2) is 14.5 Å². The first-order valence-electron chi connectivity index (χ1n) is 19.0. The molecule has 2 aliphatic rings. The molecule has 54 heavy (non-hydrogen) atoms. The predicted molar refractivity (Wildman–Crippen MR) is 226 cm³/mol. The van der Waals surface area contributed by atoms with E-state index in [1.54, 1.807) is 5.57 Å². The monoisotopic (exact) mass is 691 g/mol. The van der Waals surface area contributed by atoms with Crippen LogP contribution in [0.3, 0.4) is 0 Å². The van der Waals surface area contributed by atoms with Gasteiger partial charge in [-0.3, -0.25) is 4.57 Å². The molecule has 0 amide bonds. The van der Waals surface area contributed by atoms with Crippen molar-refractivity contribution < 1.29 is 0 Å². The van der Waals surface area contributed by atoms with Crippen molar-refractivity contribution in [2.24, 2.45) is 0 Å². The Balaban J connectivity index is 1.12. The molecule has 0 saturated carbocycles. The summed E-state index contributed by atoms with van der Waals surface area (Å²) < 4.78 is 2.27. The first-order valence-corrected chi connectivity index (χ1v) is 19.0. The van der Waals surface area contributed by atoms with Crippen molar-refractivity contribution in [3.05, 3.63) is 181 Å². The fraction of sp³-hybridized carbons (Fsp3) is 0.0980. The molecule has 0 unspecified atom stereocenters. The molecule has 0 spiro atoms. The van der Waals surface area contributed by atoms with Crippen LogP contribution in [0.2, 0.25) is 0 Å². The van der Waals surface area contributed by atoms with Gasteiger partial charge in [-0.05, 0) is 92.9 Å². The van der Waals surface area contributed by atoms with Gasteiger partial charge in [-0.2, -0.15) is 0 Å². The van der Waals surface area contributed by atoms with Crippen LogP contribution in [0.5, 0.6) is 0 Å². The summed E-state index contributed by atoms with van der Waals surface area (Å²) in [4.78, 5) is 10.7. The molecule has 9 aromatic rings. The van der Waals surface area contributed by atoms with Gasteiger partial charge in [0.15, 0.2) is 0 Å². The Hall–Kier alpha value is -6.58. The van der Waals surface area contributed by atoms with Gasteiger partial charge in [-0.25, -0.2) is 9.97 Å². The lowest BCUT2D eigenvalue weighted by atomic mass is 9.78. The maximum absolute atomic E-state index is 5.41. The highest BCUT2D eigenvalue weighted by Gasteiger charge is 2.37. The molecule has 3 heteroatoms. The van der Waals surface area contributed by atoms with E-state index in [-0.39, 0.29) is 5.41 Å². The Morgan fingerprint density at radius 3 is 2.11 bits per heavy atom. The fourth-order valence-electron chi connectivity index (χ4n) is 9.23. The van der Waals surface area contributed by atoms with Crippen LogP contribution < -0.4 is 0 Å². The second kappa shape index (κ2) is 11.7. The van der Waals surface area contributed by atoms with E-state index in [4.69, 9.17) is 9.97 Å². The molecule has 0 fully saturated rings. The molecule has 0 saturated heterocycles. The highest BCUT2D eigenvalue weighted by atomic mass is 15.2. The van der Waals surface area contributed by atoms with E-state index in [0.29, 0.717) is 5.95 Å². The summed E-state index contributed by atoms with van der Waals surface area (Å²) >= 11 is 0. The molecule has 2 aliphatic carbocycles. The first kappa shape index (κ1) is 31.0. The number of benzene rings is 7. The Kier molecular flexibility index (Phi) is 6.72. The Morgan fingerprint density at radius 1 is 0.556 bits per heavy atom. The van der Waals surface area contributed by atoms with Crippen LogP contribution in [0.1, 0.15) is 37.8 Å². The average molecular weight is 692 g/mol. The van der Waals surface area contributed by atoms with Crippen LogP contribution in [0.25, 0.3) is 88.5 Å². The highest BCUT2D eigenvalue weighted by Crippen LogP contribution is 2.51. The second-order valence-electron chi connectivity index (χ2n) is 15.3. The summed E-state index contributed by atoms with van der Waals surface area (Å²) in [6.07, 6.45) is 6.94. The lowest BCUT2D eigenvalue weighted by molar-refractivity contribution is 0.607. The van der Waals surface area contributed by atoms with E-state index in [1.165, 1.54) is 60.5 Å². The third kappa shape index (κ3) is 4.61. The van der Waals surface area contributed by atoms with Crippen LogP contribution in [0.15, 0.2) is 169 Å². The van der Waals surface area contributed by atoms with Crippen LogP contribution in [0, 0.1) is 0 Å². The minimum absolute atomic E-state index is 0.0226. The molecule has 3 nitrogen and oxygen atoms in total. The molecule has 2 heterocycles. The van der Waals surface area contributed by atoms with E-state index in [2.05, 4.69) is 182 Å². The van der Waals surface area contributed by atoms with Gasteiger partial charge >= 0.3 is 0 Å². The van der Waals surface area contributed by atoms with Crippen molar-refractivity contribution in [2.45, 2.75) is 32.1 Å². The maximum atomic E-state index is 5.41. The van der Waals surface area contributed by atoms with Crippen molar-refractivity contribution in [3.63, 3.8) is 0 Å². The maximum Gasteiger partial charge on any atom is 0.235 e. The van der Waals surface area contributed by atoms with E-state index in [0.717, 1.165) is 46.0 Å². The Bertz CT molecular complexity index is 3050. The topological polar surface area (TPSA) is 30.7 Å². The van der Waals surface area contributed by atoms with Gasteiger partial charge in [-0.1, -0.05) is 153 Å². The third-order valence-electron chi connectivity index (χ3n) is 12.0. The molecule has 0 radical (unpaired) electrons. The van der Waals surface area contributed by atoms with Crippen molar-refractivity contribution in [3.8, 4) is 39.5 Å². The number of hydrogen-bond donors (Lipinski definition) is 0. The zero-order valence-electron chi connectivity index (χ0n) is 30.3. The Morgan fingerprint density at radius 2 is 1.24 bits per heavy atom. The SMILES string of the molecule is CC1(C)C2=C(C=CCC2)c2ccc(-c3ccc4c(c3)c3c5ccccc5ccc3n4-c3nc(-c4ccc(-c5ccccc5)cc4)c4ccccc4n3)cc21. The minimum atomic E-state index is 0.0226. The summed E-state index contributed by atoms with van der Waals surface area (Å²) in [7, 11) is 0. The summed E-state index contributed by atoms with van der Waals surface area (Å²) in [5.74, 6) is 0.669. The van der Waals surface area contributed by atoms with Crippen molar-refractivity contribution in [1.82, 2.24) is 14.5 Å². The van der Waals surface area contributed by atoms with Gasteiger partial charge < -0.3 is 0 Å². The number of fused-ring (bicyclic) bond motifs is 8. The molecule has 7 aromatic carbocycles. The minimum Gasteiger partial charge on any atom is -0.278 e. The number of allylic oxidation sites excluding steroid dienone is 4. The van der Waals surface area contributed by atoms with Crippen molar-refractivity contribution >= 4 is 49.1 Å². The van der Waals surface area contributed by atoms with Gasteiger partial charge in [0.2, 0.25) is 5.95 Å². The molecular formula is C51H37N3. The predicted octanol–water partition coefficient (Wildman–Crippen LogP) is 13.3. The van der Waals surface area contributed by atoms with Crippen molar-refractivity contribution in [1.29, 1.82) is 0 Å². The largest absolute Gasteiger partial charge is 0.278 e. The average Bonchev–Trinajstić information content (AvgIpc) is 3.69. The first-order chi connectivity index (χ1) is 26.5. The van der Waals surface area contributed by atoms with E-state index >= 15 is 0 Å². The number of rotatable bonds is 4. The number of hydrogen-bond acceptors (Lipinski definition) is 2. The zero-order valence-corrected chi connectivity index (χ0v) is 30.3. The normalized spacial score (nSPS) is 14.7. The van der Waals surface area contributed by atoms with Gasteiger partial charge in [0.05, 0.1) is 22.2 Å². The summed E-state index contributed by atoms with van der Waals surface area (Å²) in [5.41, 5.74) is 15.8. The van der Waals surface area contributed by atoms with Crippen LogP contribution >= 0.6 is 0 Å². The molecule has 0 bridgehead atoms. The standard InChI is InChI=1S/C51H37N3/c1-51(2)43-18-10-8-16-39(43)40-27-24-37(31-44(40)51)36-26-28-46-42(30-36)48-38-15-7-6-14-34(38)25-29-47(48)54(46)50-52-45-19-11-9-17-41(45)49(53-50)35-22-20-33(21-23-35)32-12-4-3-5-13-32/h3-9,11-17,19-31H,10,18H2,1-2H3. The number of aromatic nitrogens is 3. The van der Waals surface area contributed by atoms with Gasteiger partial charge in [0.25, 0.3) is 0 Å². The fourth-order valence-corrected chi connectivity index (χ4v) is 9.23. The lowest BCUT2D eigenvalue weighted by Crippen LogP contribution is -2.17. The highest BCUT2D eigenvalue weighted by molar-refractivity contribution is 6.21. The third-order valence-corrected chi connectivity index (χ3v) is 12.0. The number of para-hydroxylation sites is 1. The molecular weight excluding hydrogens is 655 g/mol. The lowest BCUT2D eigenvalue weighted by Gasteiger charge is -2.26. The summed E-state index contributed by atoms with van der Waals surface area (Å²) in [6, 6.07) is 54.9. The molecule has 2 aromatic heterocycles. The smallest absolute Gasteiger partial charge is 0.235 e. The van der Waals surface area contributed by atoms with Gasteiger partial charge in [0.1, 0.15) is 0 Å². The summed E-state index contributed by atoms with van der Waals surface area (Å²) in [5, 5.41) is 5.90. The van der Waals surface area contributed by atoms with E-state index < -0.39 is 0 Å². The molecule has 0 aliphatic heterocycles. The quantitative estimate of drug-likeness (QED) is 0.184. The molecule has 0 atom stereocenters. The van der Waals surface area contributed by atoms with Gasteiger partial charge in [0, 0.05) is 27.1 Å². The molecule has 11 rings (SSSR count). The van der Waals surface area contributed by atoms with E-state index in [1.807, 2.05) is 0 Å². The summed E-state index contributed by atoms with van der Waals surface area (Å²) in [6.45, 7) is 4.80. The Labute approximate surface area is 314 Å². The number of nitrogens with zero attached hydrogens (tertiary/aromatic N) is 3. The van der Waals surface area contributed by atoms with Crippen LogP contribution in [0.4, 0.5) is 0 Å². The van der Waals surface area contributed by atoms with Crippen LogP contribution in [-0.2, 0) is 5.41 Å². The van der Waals surface area contributed by atoms with Gasteiger partial charge in [-0.15, -0.1) is 0 Å². The molecule has 256 valence electrons. The van der Waals surface area contributed by atoms with Crippen molar-refractivity contribution in [2.75, 3.05) is 0 Å². The van der Waals surface area contributed by atoms with E-state index in [9.17, 15) is 0 Å².